The highest BCUT2D eigenvalue weighted by atomic mass is 32.3. The Kier molecular flexibility index (Phi) is 4.36. The summed E-state index contributed by atoms with van der Waals surface area (Å²) >= 11 is 0. The molecular formula is C19H30O6S. The van der Waals surface area contributed by atoms with Crippen LogP contribution in [-0.2, 0) is 14.6 Å². The van der Waals surface area contributed by atoms with Crippen molar-refractivity contribution in [2.24, 2.45) is 28.6 Å². The average Bonchev–Trinajstić information content (AvgIpc) is 2.77. The Bertz CT molecular complexity index is 718. The fourth-order valence-corrected chi connectivity index (χ4v) is 7.38. The topological polar surface area (TPSA) is 104 Å². The van der Waals surface area contributed by atoms with E-state index in [9.17, 15) is 18.6 Å². The molecule has 4 aliphatic carbocycles. The van der Waals surface area contributed by atoms with Crippen LogP contribution in [0.5, 0.6) is 0 Å². The molecule has 4 aliphatic rings. The minimum Gasteiger partial charge on any atom is -0.390 e. The molecule has 0 saturated heterocycles. The van der Waals surface area contributed by atoms with Gasteiger partial charge in [-0.25, -0.2) is 4.18 Å². The van der Waals surface area contributed by atoms with Gasteiger partial charge in [0.2, 0.25) is 0 Å². The van der Waals surface area contributed by atoms with E-state index in [0.29, 0.717) is 37.0 Å². The van der Waals surface area contributed by atoms with E-state index >= 15 is 0 Å². The molecule has 0 aromatic rings. The first kappa shape index (κ1) is 18.9. The molecule has 0 aliphatic heterocycles. The largest absolute Gasteiger partial charge is 0.397 e. The summed E-state index contributed by atoms with van der Waals surface area (Å²) < 4.78 is 35.9. The van der Waals surface area contributed by atoms with Crippen molar-refractivity contribution in [1.29, 1.82) is 0 Å². The molecule has 3 N–H and O–H groups in total. The van der Waals surface area contributed by atoms with Crippen LogP contribution in [0.3, 0.4) is 0 Å². The monoisotopic (exact) mass is 386 g/mol. The molecule has 3 saturated carbocycles. The SMILES string of the molecule is C[C@]12CC[C@H]3[C@@H](CC=C4C[C@@H](OS(=O)(=O)O)CC[C@@]43C)[C@@H]1C[C@H](O)[C@H]2O. The second kappa shape index (κ2) is 6.01. The molecule has 3 fully saturated rings. The molecule has 6 nitrogen and oxygen atoms in total. The van der Waals surface area contributed by atoms with Gasteiger partial charge in [0.15, 0.2) is 0 Å². The lowest BCUT2D eigenvalue weighted by atomic mass is 9.48. The number of aliphatic hydroxyl groups is 2. The van der Waals surface area contributed by atoms with Crippen LogP contribution >= 0.6 is 0 Å². The van der Waals surface area contributed by atoms with Crippen LogP contribution in [0.1, 0.15) is 58.8 Å². The number of fused-ring (bicyclic) bond motifs is 5. The highest BCUT2D eigenvalue weighted by Gasteiger charge is 2.60. The van der Waals surface area contributed by atoms with Gasteiger partial charge in [-0.1, -0.05) is 25.5 Å². The molecule has 0 bridgehead atoms. The minimum atomic E-state index is -4.42. The third kappa shape index (κ3) is 2.78. The van der Waals surface area contributed by atoms with Gasteiger partial charge >= 0.3 is 10.4 Å². The van der Waals surface area contributed by atoms with Crippen LogP contribution in [0, 0.1) is 28.6 Å². The Hall–Kier alpha value is -0.470. The predicted molar refractivity (Wildman–Crippen MR) is 95.5 cm³/mol. The Morgan fingerprint density at radius 2 is 1.88 bits per heavy atom. The first-order chi connectivity index (χ1) is 12.0. The molecule has 0 spiro atoms. The highest BCUT2D eigenvalue weighted by molar-refractivity contribution is 7.80. The second-order valence-electron chi connectivity index (χ2n) is 9.44. The molecule has 7 heteroatoms. The summed E-state index contributed by atoms with van der Waals surface area (Å²) in [4.78, 5) is 0. The molecular weight excluding hydrogens is 356 g/mol. The molecule has 0 heterocycles. The summed E-state index contributed by atoms with van der Waals surface area (Å²) in [6.07, 6.45) is 6.04. The fourth-order valence-electron chi connectivity index (χ4n) is 6.87. The van der Waals surface area contributed by atoms with Crippen molar-refractivity contribution < 1.29 is 27.4 Å². The third-order valence-electron chi connectivity index (χ3n) is 8.29. The van der Waals surface area contributed by atoms with E-state index in [1.54, 1.807) is 0 Å². The Morgan fingerprint density at radius 3 is 2.58 bits per heavy atom. The van der Waals surface area contributed by atoms with Crippen LogP contribution in [-0.4, -0.2) is 41.5 Å². The van der Waals surface area contributed by atoms with Crippen molar-refractivity contribution in [1.82, 2.24) is 0 Å². The summed E-state index contributed by atoms with van der Waals surface area (Å²) in [5, 5.41) is 20.8. The molecule has 0 aromatic heterocycles. The van der Waals surface area contributed by atoms with Gasteiger partial charge in [0.05, 0.1) is 18.3 Å². The summed E-state index contributed by atoms with van der Waals surface area (Å²) in [6, 6.07) is 0. The van der Waals surface area contributed by atoms with Gasteiger partial charge in [-0.3, -0.25) is 4.55 Å². The quantitative estimate of drug-likeness (QED) is 0.497. The summed E-state index contributed by atoms with van der Waals surface area (Å²) in [5.41, 5.74) is 1.07. The molecule has 26 heavy (non-hydrogen) atoms. The van der Waals surface area contributed by atoms with Crippen molar-refractivity contribution in [3.63, 3.8) is 0 Å². The molecule has 0 aromatic carbocycles. The van der Waals surface area contributed by atoms with Crippen LogP contribution in [0.4, 0.5) is 0 Å². The predicted octanol–water partition coefficient (Wildman–Crippen LogP) is 2.47. The van der Waals surface area contributed by atoms with E-state index in [0.717, 1.165) is 25.7 Å². The van der Waals surface area contributed by atoms with Crippen molar-refractivity contribution >= 4 is 10.4 Å². The number of hydrogen-bond donors (Lipinski definition) is 3. The summed E-state index contributed by atoms with van der Waals surface area (Å²) in [7, 11) is -4.42. The fraction of sp³-hybridized carbons (Fsp3) is 0.895. The van der Waals surface area contributed by atoms with Gasteiger partial charge in [-0.2, -0.15) is 8.42 Å². The lowest BCUT2D eigenvalue weighted by Gasteiger charge is -2.57. The van der Waals surface area contributed by atoms with Gasteiger partial charge in [-0.15, -0.1) is 0 Å². The van der Waals surface area contributed by atoms with Crippen molar-refractivity contribution in [3.05, 3.63) is 11.6 Å². The zero-order valence-corrected chi connectivity index (χ0v) is 16.3. The Balaban J connectivity index is 1.59. The highest BCUT2D eigenvalue weighted by Crippen LogP contribution is 2.64. The Labute approximate surface area is 155 Å². The normalized spacial score (nSPS) is 51.2. The summed E-state index contributed by atoms with van der Waals surface area (Å²) in [6.45, 7) is 4.41. The van der Waals surface area contributed by atoms with Gasteiger partial charge in [-0.05, 0) is 73.5 Å². The van der Waals surface area contributed by atoms with Gasteiger partial charge in [0, 0.05) is 0 Å². The molecule has 148 valence electrons. The van der Waals surface area contributed by atoms with E-state index in [2.05, 4.69) is 19.9 Å². The zero-order chi connectivity index (χ0) is 18.9. The Morgan fingerprint density at radius 1 is 1.15 bits per heavy atom. The van der Waals surface area contributed by atoms with E-state index in [1.807, 2.05) is 0 Å². The van der Waals surface area contributed by atoms with Gasteiger partial charge in [0.25, 0.3) is 0 Å². The van der Waals surface area contributed by atoms with Crippen molar-refractivity contribution in [2.75, 3.05) is 0 Å². The molecule has 0 unspecified atom stereocenters. The number of allylic oxidation sites excluding steroid dienone is 1. The van der Waals surface area contributed by atoms with E-state index in [-0.39, 0.29) is 10.8 Å². The van der Waals surface area contributed by atoms with Crippen LogP contribution in [0.25, 0.3) is 0 Å². The number of aliphatic hydroxyl groups excluding tert-OH is 2. The van der Waals surface area contributed by atoms with Gasteiger partial charge < -0.3 is 10.2 Å². The third-order valence-corrected chi connectivity index (χ3v) is 8.80. The molecule has 8 atom stereocenters. The first-order valence-electron chi connectivity index (χ1n) is 9.76. The van der Waals surface area contributed by atoms with Crippen LogP contribution in [0.15, 0.2) is 11.6 Å². The number of hydrogen-bond acceptors (Lipinski definition) is 5. The molecule has 4 rings (SSSR count). The summed E-state index contributed by atoms with van der Waals surface area (Å²) in [5.74, 6) is 1.27. The molecule has 0 radical (unpaired) electrons. The maximum absolute atomic E-state index is 11.1. The second-order valence-corrected chi connectivity index (χ2v) is 10.5. The minimum absolute atomic E-state index is 0.0157. The van der Waals surface area contributed by atoms with E-state index in [1.165, 1.54) is 5.57 Å². The zero-order valence-electron chi connectivity index (χ0n) is 15.5. The maximum atomic E-state index is 11.1. The van der Waals surface area contributed by atoms with E-state index in [4.69, 9.17) is 8.74 Å². The number of rotatable bonds is 2. The van der Waals surface area contributed by atoms with Gasteiger partial charge in [0.1, 0.15) is 0 Å². The lowest BCUT2D eigenvalue weighted by Crippen LogP contribution is -2.51. The van der Waals surface area contributed by atoms with Crippen LogP contribution in [0.2, 0.25) is 0 Å². The van der Waals surface area contributed by atoms with Crippen molar-refractivity contribution in [3.8, 4) is 0 Å². The average molecular weight is 387 g/mol. The maximum Gasteiger partial charge on any atom is 0.397 e. The van der Waals surface area contributed by atoms with E-state index < -0.39 is 28.7 Å². The first-order valence-corrected chi connectivity index (χ1v) is 11.1. The molecule has 0 amide bonds. The lowest BCUT2D eigenvalue weighted by molar-refractivity contribution is -0.0810. The van der Waals surface area contributed by atoms with Crippen molar-refractivity contribution in [2.45, 2.75) is 77.1 Å². The smallest absolute Gasteiger partial charge is 0.390 e. The van der Waals surface area contributed by atoms with Crippen LogP contribution < -0.4 is 0 Å². The standard InChI is InChI=1S/C19H30O6S/c1-18-7-5-12(25-26(22,23)24)9-11(18)3-4-13-14(18)6-8-19(2)15(13)10-16(20)17(19)21/h3,12-17,20-21H,4-10H2,1-2H3,(H,22,23,24)/t12-,13+,14-,15-,16-,17+,18-,19-/m0/s1.